The maximum atomic E-state index is 11.9. The van der Waals surface area contributed by atoms with Crippen LogP contribution in [0.1, 0.15) is 17.9 Å². The first kappa shape index (κ1) is 19.1. The van der Waals surface area contributed by atoms with E-state index in [1.165, 1.54) is 0 Å². The van der Waals surface area contributed by atoms with Crippen molar-refractivity contribution in [1.82, 2.24) is 5.32 Å². The monoisotopic (exact) mass is 381 g/mol. The zero-order valence-corrected chi connectivity index (χ0v) is 14.8. The zero-order valence-electron chi connectivity index (χ0n) is 13.2. The van der Waals surface area contributed by atoms with Crippen molar-refractivity contribution in [3.05, 3.63) is 64.1 Å². The standard InChI is InChI=1S/C18H17Cl2NO4/c19-14-3-1-12(2-4-14)13(9-18(23)24)10-21-17(22)11-25-16-7-5-15(20)6-8-16/h1-8,13H,9-11H2,(H,21,22)(H,23,24). The van der Waals surface area contributed by atoms with Crippen molar-refractivity contribution in [2.24, 2.45) is 0 Å². The lowest BCUT2D eigenvalue weighted by Crippen LogP contribution is -2.33. The number of carboxylic acid groups (broad SMARTS) is 1. The van der Waals surface area contributed by atoms with Gasteiger partial charge in [-0.25, -0.2) is 0 Å². The number of hydrogen-bond acceptors (Lipinski definition) is 3. The first-order valence-electron chi connectivity index (χ1n) is 7.56. The molecule has 2 rings (SSSR count). The Balaban J connectivity index is 1.88. The van der Waals surface area contributed by atoms with E-state index in [9.17, 15) is 9.59 Å². The summed E-state index contributed by atoms with van der Waals surface area (Å²) >= 11 is 11.6. The molecular formula is C18H17Cl2NO4. The lowest BCUT2D eigenvalue weighted by molar-refractivity contribution is -0.137. The SMILES string of the molecule is O=C(O)CC(CNC(=O)COc1ccc(Cl)cc1)c1ccc(Cl)cc1. The van der Waals surface area contributed by atoms with Gasteiger partial charge in [-0.05, 0) is 42.0 Å². The van der Waals surface area contributed by atoms with Crippen LogP contribution in [0.15, 0.2) is 48.5 Å². The van der Waals surface area contributed by atoms with Gasteiger partial charge in [0.05, 0.1) is 6.42 Å². The van der Waals surface area contributed by atoms with Gasteiger partial charge in [-0.1, -0.05) is 35.3 Å². The molecule has 0 heterocycles. The van der Waals surface area contributed by atoms with E-state index in [0.29, 0.717) is 15.8 Å². The molecule has 0 saturated carbocycles. The Kier molecular flexibility index (Phi) is 7.10. The van der Waals surface area contributed by atoms with Crippen LogP contribution in [0.2, 0.25) is 10.0 Å². The second kappa shape index (κ2) is 9.30. The number of aliphatic carboxylic acids is 1. The van der Waals surface area contributed by atoms with Crippen molar-refractivity contribution >= 4 is 35.1 Å². The highest BCUT2D eigenvalue weighted by atomic mass is 35.5. The summed E-state index contributed by atoms with van der Waals surface area (Å²) < 4.78 is 5.35. The number of carbonyl (C=O) groups is 2. The van der Waals surface area contributed by atoms with Crippen LogP contribution in [0.5, 0.6) is 5.75 Å². The number of rotatable bonds is 8. The molecular weight excluding hydrogens is 365 g/mol. The second-order valence-electron chi connectivity index (χ2n) is 5.39. The molecule has 0 aliphatic heterocycles. The van der Waals surface area contributed by atoms with Crippen LogP contribution in [-0.4, -0.2) is 30.1 Å². The van der Waals surface area contributed by atoms with E-state index >= 15 is 0 Å². The fourth-order valence-corrected chi connectivity index (χ4v) is 2.47. The van der Waals surface area contributed by atoms with Crippen molar-refractivity contribution in [2.45, 2.75) is 12.3 Å². The van der Waals surface area contributed by atoms with E-state index in [2.05, 4.69) is 5.32 Å². The minimum atomic E-state index is -0.938. The zero-order chi connectivity index (χ0) is 18.2. The summed E-state index contributed by atoms with van der Waals surface area (Å²) in [5.74, 6) is -1.10. The van der Waals surface area contributed by atoms with Gasteiger partial charge in [-0.2, -0.15) is 0 Å². The highest BCUT2D eigenvalue weighted by Crippen LogP contribution is 2.21. The summed E-state index contributed by atoms with van der Waals surface area (Å²) in [6, 6.07) is 13.6. The molecule has 0 aliphatic carbocycles. The van der Waals surface area contributed by atoms with Crippen LogP contribution >= 0.6 is 23.2 Å². The van der Waals surface area contributed by atoms with Gasteiger partial charge in [0.2, 0.25) is 0 Å². The van der Waals surface area contributed by atoms with Gasteiger partial charge in [0.25, 0.3) is 5.91 Å². The third-order valence-corrected chi connectivity index (χ3v) is 4.00. The molecule has 1 atom stereocenters. The number of nitrogens with one attached hydrogen (secondary N) is 1. The Hall–Kier alpha value is -2.24. The number of benzene rings is 2. The Morgan fingerprint density at radius 2 is 1.56 bits per heavy atom. The first-order chi connectivity index (χ1) is 11.9. The van der Waals surface area contributed by atoms with Gasteiger partial charge >= 0.3 is 5.97 Å². The summed E-state index contributed by atoms with van der Waals surface area (Å²) in [5.41, 5.74) is 0.797. The average Bonchev–Trinajstić information content (AvgIpc) is 2.58. The fraction of sp³-hybridized carbons (Fsp3) is 0.222. The van der Waals surface area contributed by atoms with Gasteiger partial charge in [0, 0.05) is 22.5 Å². The van der Waals surface area contributed by atoms with Crippen LogP contribution in [-0.2, 0) is 9.59 Å². The van der Waals surface area contributed by atoms with Gasteiger partial charge < -0.3 is 15.2 Å². The Labute approximate surface area is 155 Å². The lowest BCUT2D eigenvalue weighted by Gasteiger charge is -2.16. The molecule has 7 heteroatoms. The smallest absolute Gasteiger partial charge is 0.304 e. The third kappa shape index (κ3) is 6.64. The summed E-state index contributed by atoms with van der Waals surface area (Å²) in [4.78, 5) is 23.0. The molecule has 0 aliphatic rings. The highest BCUT2D eigenvalue weighted by molar-refractivity contribution is 6.30. The number of ether oxygens (including phenoxy) is 1. The molecule has 0 bridgehead atoms. The fourth-order valence-electron chi connectivity index (χ4n) is 2.22. The quantitative estimate of drug-likeness (QED) is 0.729. The molecule has 1 amide bonds. The normalized spacial score (nSPS) is 11.6. The predicted octanol–water partition coefficient (Wildman–Crippen LogP) is 3.75. The lowest BCUT2D eigenvalue weighted by atomic mass is 9.95. The highest BCUT2D eigenvalue weighted by Gasteiger charge is 2.17. The molecule has 0 saturated heterocycles. The first-order valence-corrected chi connectivity index (χ1v) is 8.32. The Bertz CT molecular complexity index is 717. The third-order valence-electron chi connectivity index (χ3n) is 3.49. The maximum Gasteiger partial charge on any atom is 0.304 e. The maximum absolute atomic E-state index is 11.9. The average molecular weight is 382 g/mol. The van der Waals surface area contributed by atoms with Gasteiger partial charge in [0.15, 0.2) is 6.61 Å². The van der Waals surface area contributed by atoms with E-state index in [4.69, 9.17) is 33.0 Å². The molecule has 0 aromatic heterocycles. The largest absolute Gasteiger partial charge is 0.484 e. The molecule has 25 heavy (non-hydrogen) atoms. The molecule has 2 N–H and O–H groups in total. The summed E-state index contributed by atoms with van der Waals surface area (Å²) in [5, 5.41) is 12.9. The summed E-state index contributed by atoms with van der Waals surface area (Å²) in [6.45, 7) is 0.0266. The van der Waals surface area contributed by atoms with Gasteiger partial charge in [-0.15, -0.1) is 0 Å². The van der Waals surface area contributed by atoms with Crippen molar-refractivity contribution in [3.63, 3.8) is 0 Å². The number of halogens is 2. The minimum absolute atomic E-state index is 0.0973. The molecule has 5 nitrogen and oxygen atoms in total. The summed E-state index contributed by atoms with van der Waals surface area (Å²) in [7, 11) is 0. The van der Waals surface area contributed by atoms with Gasteiger partial charge in [0.1, 0.15) is 5.75 Å². The molecule has 2 aromatic rings. The summed E-state index contributed by atoms with van der Waals surface area (Å²) in [6.07, 6.45) is -0.0973. The van der Waals surface area contributed by atoms with Gasteiger partial charge in [-0.3, -0.25) is 9.59 Å². The predicted molar refractivity (Wildman–Crippen MR) is 96.4 cm³/mol. The molecule has 0 fully saturated rings. The van der Waals surface area contributed by atoms with Crippen LogP contribution in [0, 0.1) is 0 Å². The molecule has 0 radical (unpaired) electrons. The van der Waals surface area contributed by atoms with E-state index in [-0.39, 0.29) is 31.4 Å². The van der Waals surface area contributed by atoms with Crippen molar-refractivity contribution in [2.75, 3.05) is 13.2 Å². The number of carbonyl (C=O) groups excluding carboxylic acids is 1. The van der Waals surface area contributed by atoms with Crippen LogP contribution in [0.25, 0.3) is 0 Å². The number of carboxylic acids is 1. The van der Waals surface area contributed by atoms with E-state index in [0.717, 1.165) is 5.56 Å². The van der Waals surface area contributed by atoms with Crippen LogP contribution in [0.3, 0.4) is 0 Å². The van der Waals surface area contributed by atoms with Crippen molar-refractivity contribution in [1.29, 1.82) is 0 Å². The second-order valence-corrected chi connectivity index (χ2v) is 6.27. The van der Waals surface area contributed by atoms with E-state index in [1.54, 1.807) is 48.5 Å². The number of amides is 1. The molecule has 2 aromatic carbocycles. The van der Waals surface area contributed by atoms with E-state index < -0.39 is 5.97 Å². The minimum Gasteiger partial charge on any atom is -0.484 e. The van der Waals surface area contributed by atoms with Crippen molar-refractivity contribution in [3.8, 4) is 5.75 Å². The van der Waals surface area contributed by atoms with E-state index in [1.807, 2.05) is 0 Å². The Morgan fingerprint density at radius 3 is 2.12 bits per heavy atom. The van der Waals surface area contributed by atoms with Crippen LogP contribution in [0.4, 0.5) is 0 Å². The molecule has 1 unspecified atom stereocenters. The topological polar surface area (TPSA) is 75.6 Å². The number of hydrogen-bond donors (Lipinski definition) is 2. The Morgan fingerprint density at radius 1 is 1.00 bits per heavy atom. The molecule has 132 valence electrons. The van der Waals surface area contributed by atoms with Crippen LogP contribution < -0.4 is 10.1 Å². The molecule has 0 spiro atoms. The van der Waals surface area contributed by atoms with Crippen molar-refractivity contribution < 1.29 is 19.4 Å².